The first-order valence-electron chi connectivity index (χ1n) is 8.19. The van der Waals surface area contributed by atoms with Gasteiger partial charge in [-0.05, 0) is 12.1 Å². The molecule has 1 aliphatic heterocycles. The molecule has 2 aromatic rings. The Morgan fingerprint density at radius 1 is 1.23 bits per heavy atom. The molecule has 1 fully saturated rings. The van der Waals surface area contributed by atoms with Crippen molar-refractivity contribution >= 4 is 17.3 Å². The molecule has 136 valence electrons. The van der Waals surface area contributed by atoms with Gasteiger partial charge in [-0.1, -0.05) is 18.2 Å². The normalized spacial score (nSPS) is 14.1. The summed E-state index contributed by atoms with van der Waals surface area (Å²) >= 11 is 0. The summed E-state index contributed by atoms with van der Waals surface area (Å²) in [5.41, 5.74) is 0.972. The quantitative estimate of drug-likeness (QED) is 0.655. The number of amides is 1. The Hall–Kier alpha value is -3.00. The van der Waals surface area contributed by atoms with E-state index in [-0.39, 0.29) is 17.8 Å². The predicted octanol–water partition coefficient (Wildman–Crippen LogP) is 2.50. The summed E-state index contributed by atoms with van der Waals surface area (Å²) in [5, 5.41) is 13.7. The van der Waals surface area contributed by atoms with E-state index in [4.69, 9.17) is 4.74 Å². The molecule has 26 heavy (non-hydrogen) atoms. The first kappa shape index (κ1) is 17.8. The molecular weight excluding hydrogens is 341 g/mol. The highest BCUT2D eigenvalue weighted by molar-refractivity contribution is 6.00. The molecule has 0 atom stereocenters. The number of non-ortho nitro benzene ring substituents is 1. The molecule has 0 spiro atoms. The molecule has 0 aliphatic carbocycles. The predicted molar refractivity (Wildman–Crippen MR) is 93.7 cm³/mol. The lowest BCUT2D eigenvalue weighted by molar-refractivity contribution is -0.384. The standard InChI is InChI=1S/C18H18FN3O4/c19-16-4-2-1-3-13(16)12-20-18(23)15-11-14(22(24)25)5-6-17(15)21-7-9-26-10-8-21/h1-6,11H,7-10,12H2,(H,20,23). The van der Waals surface area contributed by atoms with Crippen LogP contribution in [0.4, 0.5) is 15.8 Å². The highest BCUT2D eigenvalue weighted by Crippen LogP contribution is 2.26. The molecule has 1 amide bonds. The van der Waals surface area contributed by atoms with Crippen LogP contribution in [-0.2, 0) is 11.3 Å². The molecule has 1 saturated heterocycles. The smallest absolute Gasteiger partial charge is 0.270 e. The lowest BCUT2D eigenvalue weighted by atomic mass is 10.1. The Morgan fingerprint density at radius 3 is 2.65 bits per heavy atom. The van der Waals surface area contributed by atoms with Crippen LogP contribution in [0.5, 0.6) is 0 Å². The highest BCUT2D eigenvalue weighted by Gasteiger charge is 2.22. The first-order valence-corrected chi connectivity index (χ1v) is 8.19. The van der Waals surface area contributed by atoms with E-state index in [0.717, 1.165) is 0 Å². The molecule has 2 aromatic carbocycles. The van der Waals surface area contributed by atoms with Crippen LogP contribution in [-0.4, -0.2) is 37.1 Å². The molecule has 0 saturated carbocycles. The molecule has 1 heterocycles. The molecule has 0 radical (unpaired) electrons. The van der Waals surface area contributed by atoms with Gasteiger partial charge in [-0.25, -0.2) is 4.39 Å². The summed E-state index contributed by atoms with van der Waals surface area (Å²) < 4.78 is 19.0. The number of rotatable bonds is 5. The van der Waals surface area contributed by atoms with Gasteiger partial charge >= 0.3 is 0 Å². The monoisotopic (exact) mass is 359 g/mol. The number of nitrogens with zero attached hydrogens (tertiary/aromatic N) is 2. The van der Waals surface area contributed by atoms with Gasteiger partial charge in [0.1, 0.15) is 5.82 Å². The van der Waals surface area contributed by atoms with Gasteiger partial charge in [0.25, 0.3) is 11.6 Å². The van der Waals surface area contributed by atoms with E-state index in [9.17, 15) is 19.3 Å². The second-order valence-corrected chi connectivity index (χ2v) is 5.83. The summed E-state index contributed by atoms with van der Waals surface area (Å²) in [7, 11) is 0. The van der Waals surface area contributed by atoms with E-state index >= 15 is 0 Å². The Morgan fingerprint density at radius 2 is 1.96 bits per heavy atom. The van der Waals surface area contributed by atoms with Crippen LogP contribution in [0.3, 0.4) is 0 Å². The maximum atomic E-state index is 13.7. The molecule has 1 N–H and O–H groups in total. The van der Waals surface area contributed by atoms with Gasteiger partial charge in [-0.3, -0.25) is 14.9 Å². The van der Waals surface area contributed by atoms with Gasteiger partial charge < -0.3 is 15.0 Å². The third kappa shape index (κ3) is 3.97. The summed E-state index contributed by atoms with van der Waals surface area (Å²) in [6.45, 7) is 2.22. The number of nitrogens with one attached hydrogen (secondary N) is 1. The van der Waals surface area contributed by atoms with Crippen LogP contribution < -0.4 is 10.2 Å². The van der Waals surface area contributed by atoms with E-state index in [0.29, 0.717) is 37.6 Å². The third-order valence-electron chi connectivity index (χ3n) is 4.18. The van der Waals surface area contributed by atoms with Crippen molar-refractivity contribution in [3.63, 3.8) is 0 Å². The number of benzene rings is 2. The second kappa shape index (κ2) is 7.92. The molecule has 8 heteroatoms. The van der Waals surface area contributed by atoms with Crippen LogP contribution in [0.2, 0.25) is 0 Å². The van der Waals surface area contributed by atoms with Crippen molar-refractivity contribution in [2.75, 3.05) is 31.2 Å². The fraction of sp³-hybridized carbons (Fsp3) is 0.278. The Bertz CT molecular complexity index is 822. The maximum Gasteiger partial charge on any atom is 0.270 e. The van der Waals surface area contributed by atoms with Crippen molar-refractivity contribution in [2.24, 2.45) is 0 Å². The second-order valence-electron chi connectivity index (χ2n) is 5.83. The molecule has 3 rings (SSSR count). The van der Waals surface area contributed by atoms with Crippen molar-refractivity contribution in [3.05, 3.63) is 69.5 Å². The van der Waals surface area contributed by atoms with E-state index in [1.807, 2.05) is 4.90 Å². The van der Waals surface area contributed by atoms with Crippen LogP contribution in [0, 0.1) is 15.9 Å². The number of morpholine rings is 1. The maximum absolute atomic E-state index is 13.7. The minimum atomic E-state index is -0.545. The SMILES string of the molecule is O=C(NCc1ccccc1F)c1cc([N+](=O)[O-])ccc1N1CCOCC1. The number of nitro benzene ring substituents is 1. The molecular formula is C18H18FN3O4. The first-order chi connectivity index (χ1) is 12.6. The Labute approximate surface area is 149 Å². The van der Waals surface area contributed by atoms with Crippen molar-refractivity contribution in [1.29, 1.82) is 0 Å². The van der Waals surface area contributed by atoms with Gasteiger partial charge in [0.15, 0.2) is 0 Å². The van der Waals surface area contributed by atoms with Crippen molar-refractivity contribution in [3.8, 4) is 0 Å². The van der Waals surface area contributed by atoms with E-state index in [1.165, 1.54) is 18.2 Å². The van der Waals surface area contributed by atoms with Gasteiger partial charge in [-0.2, -0.15) is 0 Å². The van der Waals surface area contributed by atoms with E-state index in [2.05, 4.69) is 5.32 Å². The van der Waals surface area contributed by atoms with Gasteiger partial charge in [0.2, 0.25) is 0 Å². The molecule has 1 aliphatic rings. The number of anilines is 1. The van der Waals surface area contributed by atoms with Crippen molar-refractivity contribution in [1.82, 2.24) is 5.32 Å². The number of carbonyl (C=O) groups excluding carboxylic acids is 1. The number of carbonyl (C=O) groups is 1. The van der Waals surface area contributed by atoms with E-state index < -0.39 is 16.6 Å². The van der Waals surface area contributed by atoms with Crippen LogP contribution in [0.25, 0.3) is 0 Å². The largest absolute Gasteiger partial charge is 0.378 e. The zero-order valence-electron chi connectivity index (χ0n) is 14.0. The van der Waals surface area contributed by atoms with Crippen LogP contribution >= 0.6 is 0 Å². The zero-order valence-corrected chi connectivity index (χ0v) is 14.0. The lowest BCUT2D eigenvalue weighted by Gasteiger charge is -2.30. The minimum absolute atomic E-state index is 0.00322. The Kier molecular flexibility index (Phi) is 5.43. The zero-order chi connectivity index (χ0) is 18.5. The fourth-order valence-corrected chi connectivity index (χ4v) is 2.81. The average molecular weight is 359 g/mol. The number of hydrogen-bond donors (Lipinski definition) is 1. The third-order valence-corrected chi connectivity index (χ3v) is 4.18. The topological polar surface area (TPSA) is 84.7 Å². The molecule has 7 nitrogen and oxygen atoms in total. The Balaban J connectivity index is 1.85. The number of halogens is 1. The molecule has 0 unspecified atom stereocenters. The van der Waals surface area contributed by atoms with Gasteiger partial charge in [0, 0.05) is 37.3 Å². The number of ether oxygens (including phenoxy) is 1. The van der Waals surface area contributed by atoms with Gasteiger partial charge in [0.05, 0.1) is 29.4 Å². The van der Waals surface area contributed by atoms with Crippen molar-refractivity contribution < 1.29 is 18.8 Å². The minimum Gasteiger partial charge on any atom is -0.378 e. The van der Waals surface area contributed by atoms with Crippen LogP contribution in [0.15, 0.2) is 42.5 Å². The van der Waals surface area contributed by atoms with Crippen LogP contribution in [0.1, 0.15) is 15.9 Å². The average Bonchev–Trinajstić information content (AvgIpc) is 2.67. The summed E-state index contributed by atoms with van der Waals surface area (Å²) in [5.74, 6) is -0.904. The molecule has 0 aromatic heterocycles. The number of nitro groups is 1. The molecule has 0 bridgehead atoms. The fourth-order valence-electron chi connectivity index (χ4n) is 2.81. The highest BCUT2D eigenvalue weighted by atomic mass is 19.1. The summed E-state index contributed by atoms with van der Waals surface area (Å²) in [4.78, 5) is 25.1. The summed E-state index contributed by atoms with van der Waals surface area (Å²) in [6, 6.07) is 10.3. The van der Waals surface area contributed by atoms with Gasteiger partial charge in [-0.15, -0.1) is 0 Å². The van der Waals surface area contributed by atoms with E-state index in [1.54, 1.807) is 24.3 Å². The summed E-state index contributed by atoms with van der Waals surface area (Å²) in [6.07, 6.45) is 0. The number of hydrogen-bond acceptors (Lipinski definition) is 5. The lowest BCUT2D eigenvalue weighted by Crippen LogP contribution is -2.38. The van der Waals surface area contributed by atoms with Crippen molar-refractivity contribution in [2.45, 2.75) is 6.54 Å².